The predicted molar refractivity (Wildman–Crippen MR) is 98.1 cm³/mol. The van der Waals surface area contributed by atoms with Crippen molar-refractivity contribution in [1.82, 2.24) is 9.88 Å². The summed E-state index contributed by atoms with van der Waals surface area (Å²) in [7, 11) is 2.21. The molecule has 1 fully saturated rings. The van der Waals surface area contributed by atoms with Crippen molar-refractivity contribution >= 4 is 10.9 Å². The van der Waals surface area contributed by atoms with Crippen molar-refractivity contribution in [3.8, 4) is 0 Å². The lowest BCUT2D eigenvalue weighted by Gasteiger charge is -2.42. The number of nitrogens with one attached hydrogen (secondary N) is 1. The van der Waals surface area contributed by atoms with Gasteiger partial charge in [0.05, 0.1) is 6.04 Å². The van der Waals surface area contributed by atoms with Crippen LogP contribution in [-0.2, 0) is 6.42 Å². The number of H-pyrrole nitrogens is 1. The summed E-state index contributed by atoms with van der Waals surface area (Å²) < 4.78 is 0. The molecule has 0 unspecified atom stereocenters. The lowest BCUT2D eigenvalue weighted by atomic mass is 9.77. The molecule has 4 nitrogen and oxygen atoms in total. The molecule has 4 heteroatoms. The second-order valence-electron chi connectivity index (χ2n) is 7.17. The van der Waals surface area contributed by atoms with E-state index in [1.54, 1.807) is 0 Å². The van der Waals surface area contributed by atoms with E-state index in [4.69, 9.17) is 0 Å². The Morgan fingerprint density at radius 2 is 1.96 bits per heavy atom. The smallest absolute Gasteiger partial charge is 0.0501 e. The quantitative estimate of drug-likeness (QED) is 0.763. The number of aromatic amines is 1. The molecule has 0 bridgehead atoms. The molecule has 1 aliphatic heterocycles. The number of rotatable bonds is 6. The summed E-state index contributed by atoms with van der Waals surface area (Å²) in [5.41, 5.74) is 3.66. The number of fused-ring (bicyclic) bond motifs is 1. The Morgan fingerprint density at radius 3 is 2.67 bits per heavy atom. The summed E-state index contributed by atoms with van der Waals surface area (Å²) in [5, 5.41) is 20.2. The minimum atomic E-state index is 0.170. The van der Waals surface area contributed by atoms with Gasteiger partial charge in [-0.1, -0.05) is 31.5 Å². The van der Waals surface area contributed by atoms with Gasteiger partial charge in [0.15, 0.2) is 0 Å². The number of nitrogens with zero attached hydrogens (tertiary/aromatic N) is 1. The third-order valence-electron chi connectivity index (χ3n) is 5.81. The zero-order chi connectivity index (χ0) is 17.1. The van der Waals surface area contributed by atoms with E-state index in [-0.39, 0.29) is 13.2 Å². The minimum absolute atomic E-state index is 0.170. The summed E-state index contributed by atoms with van der Waals surface area (Å²) in [6, 6.07) is 8.70. The molecule has 1 aromatic heterocycles. The minimum Gasteiger partial charge on any atom is -0.396 e. The number of aliphatic hydroxyl groups excluding tert-OH is 2. The largest absolute Gasteiger partial charge is 0.396 e. The molecule has 0 amide bonds. The highest BCUT2D eigenvalue weighted by Gasteiger charge is 2.35. The summed E-state index contributed by atoms with van der Waals surface area (Å²) in [4.78, 5) is 6.08. The van der Waals surface area contributed by atoms with E-state index in [0.717, 1.165) is 31.3 Å². The fraction of sp³-hybridized carbons (Fsp3) is 0.600. The molecule has 3 atom stereocenters. The highest BCUT2D eigenvalue weighted by atomic mass is 16.3. The molecular weight excluding hydrogens is 300 g/mol. The fourth-order valence-electron chi connectivity index (χ4n) is 4.51. The van der Waals surface area contributed by atoms with E-state index < -0.39 is 0 Å². The molecule has 0 radical (unpaired) electrons. The van der Waals surface area contributed by atoms with Gasteiger partial charge in [-0.15, -0.1) is 0 Å². The SMILES string of the molecule is CC[C@H]1CN(C)[C@H](c2[nH]c3ccccc3c2CCO)C[C@H]1CCO. The maximum atomic E-state index is 9.54. The van der Waals surface area contributed by atoms with Crippen LogP contribution in [0.5, 0.6) is 0 Å². The van der Waals surface area contributed by atoms with Crippen molar-refractivity contribution < 1.29 is 10.2 Å². The van der Waals surface area contributed by atoms with Crippen LogP contribution in [0.15, 0.2) is 24.3 Å². The Labute approximate surface area is 144 Å². The second-order valence-corrected chi connectivity index (χ2v) is 7.17. The molecule has 1 aliphatic rings. The van der Waals surface area contributed by atoms with E-state index in [1.807, 2.05) is 0 Å². The Balaban J connectivity index is 1.97. The van der Waals surface area contributed by atoms with Crippen molar-refractivity contribution in [2.45, 2.75) is 38.6 Å². The topological polar surface area (TPSA) is 59.5 Å². The zero-order valence-corrected chi connectivity index (χ0v) is 14.8. The molecule has 1 saturated heterocycles. The summed E-state index contributed by atoms with van der Waals surface area (Å²) >= 11 is 0. The van der Waals surface area contributed by atoms with E-state index in [2.05, 4.69) is 48.1 Å². The molecule has 3 rings (SSSR count). The number of hydrogen-bond acceptors (Lipinski definition) is 3. The molecular formula is C20H30N2O2. The first-order valence-corrected chi connectivity index (χ1v) is 9.21. The molecule has 132 valence electrons. The number of aliphatic hydroxyl groups is 2. The van der Waals surface area contributed by atoms with Crippen LogP contribution >= 0.6 is 0 Å². The highest BCUT2D eigenvalue weighted by Crippen LogP contribution is 2.41. The predicted octanol–water partition coefficient (Wildman–Crippen LogP) is 3.10. The average molecular weight is 330 g/mol. The lowest BCUT2D eigenvalue weighted by molar-refractivity contribution is 0.0642. The Morgan fingerprint density at radius 1 is 1.17 bits per heavy atom. The van der Waals surface area contributed by atoms with Crippen LogP contribution in [0.1, 0.15) is 43.5 Å². The van der Waals surface area contributed by atoms with Crippen molar-refractivity contribution in [1.29, 1.82) is 0 Å². The standard InChI is InChI=1S/C20H30N2O2/c1-3-14-13-22(2)19(12-15(14)8-10-23)20-17(9-11-24)16-6-4-5-7-18(16)21-20/h4-7,14-15,19,21,23-24H,3,8-13H2,1-2H3/t14-,15+,19-/m0/s1. The Kier molecular flexibility index (Phi) is 5.59. The van der Waals surface area contributed by atoms with Gasteiger partial charge in [-0.25, -0.2) is 0 Å². The van der Waals surface area contributed by atoms with Crippen LogP contribution in [0, 0.1) is 11.8 Å². The van der Waals surface area contributed by atoms with Gasteiger partial charge in [0.2, 0.25) is 0 Å². The average Bonchev–Trinajstić information content (AvgIpc) is 2.95. The van der Waals surface area contributed by atoms with Gasteiger partial charge in [-0.05, 0) is 49.8 Å². The van der Waals surface area contributed by atoms with Gasteiger partial charge in [0, 0.05) is 36.4 Å². The number of para-hydroxylation sites is 1. The fourth-order valence-corrected chi connectivity index (χ4v) is 4.51. The maximum absolute atomic E-state index is 9.54. The number of hydrogen-bond donors (Lipinski definition) is 3. The number of benzene rings is 1. The molecule has 0 aliphatic carbocycles. The van der Waals surface area contributed by atoms with Crippen molar-refractivity contribution in [3.05, 3.63) is 35.5 Å². The molecule has 24 heavy (non-hydrogen) atoms. The molecule has 2 heterocycles. The molecule has 2 aromatic rings. The normalized spacial score (nSPS) is 25.4. The molecule has 0 saturated carbocycles. The third kappa shape index (κ3) is 3.23. The van der Waals surface area contributed by atoms with Gasteiger partial charge in [-0.3, -0.25) is 4.90 Å². The number of likely N-dealkylation sites (tertiary alicyclic amines) is 1. The van der Waals surface area contributed by atoms with Crippen LogP contribution < -0.4 is 0 Å². The summed E-state index contributed by atoms with van der Waals surface area (Å²) in [6.07, 6.45) is 3.81. The van der Waals surface area contributed by atoms with Crippen molar-refractivity contribution in [3.63, 3.8) is 0 Å². The summed E-state index contributed by atoms with van der Waals surface area (Å²) in [5.74, 6) is 1.22. The van der Waals surface area contributed by atoms with Crippen LogP contribution in [-0.4, -0.2) is 46.9 Å². The van der Waals surface area contributed by atoms with E-state index in [0.29, 0.717) is 24.3 Å². The second kappa shape index (κ2) is 7.68. The first kappa shape index (κ1) is 17.5. The van der Waals surface area contributed by atoms with Crippen LogP contribution in [0.25, 0.3) is 10.9 Å². The molecule has 3 N–H and O–H groups in total. The van der Waals surface area contributed by atoms with Crippen LogP contribution in [0.4, 0.5) is 0 Å². The zero-order valence-electron chi connectivity index (χ0n) is 14.8. The first-order valence-electron chi connectivity index (χ1n) is 9.21. The Hall–Kier alpha value is -1.36. The van der Waals surface area contributed by atoms with Crippen LogP contribution in [0.2, 0.25) is 0 Å². The van der Waals surface area contributed by atoms with Crippen molar-refractivity contribution in [2.75, 3.05) is 26.8 Å². The first-order chi connectivity index (χ1) is 11.7. The van der Waals surface area contributed by atoms with Gasteiger partial charge in [-0.2, -0.15) is 0 Å². The molecule has 1 aromatic carbocycles. The van der Waals surface area contributed by atoms with E-state index in [1.165, 1.54) is 16.6 Å². The number of aromatic nitrogens is 1. The Bertz CT molecular complexity index is 667. The number of piperidine rings is 1. The van der Waals surface area contributed by atoms with Gasteiger partial charge < -0.3 is 15.2 Å². The van der Waals surface area contributed by atoms with Gasteiger partial charge in [0.25, 0.3) is 0 Å². The van der Waals surface area contributed by atoms with Gasteiger partial charge >= 0.3 is 0 Å². The maximum Gasteiger partial charge on any atom is 0.0501 e. The van der Waals surface area contributed by atoms with Crippen molar-refractivity contribution in [2.24, 2.45) is 11.8 Å². The summed E-state index contributed by atoms with van der Waals surface area (Å²) in [6.45, 7) is 3.76. The molecule has 0 spiro atoms. The van der Waals surface area contributed by atoms with E-state index >= 15 is 0 Å². The monoisotopic (exact) mass is 330 g/mol. The van der Waals surface area contributed by atoms with Gasteiger partial charge in [0.1, 0.15) is 0 Å². The highest BCUT2D eigenvalue weighted by molar-refractivity contribution is 5.84. The lowest BCUT2D eigenvalue weighted by Crippen LogP contribution is -2.41. The third-order valence-corrected chi connectivity index (χ3v) is 5.81. The van der Waals surface area contributed by atoms with E-state index in [9.17, 15) is 10.2 Å². The van der Waals surface area contributed by atoms with Crippen LogP contribution in [0.3, 0.4) is 0 Å².